The normalized spacial score (nSPS) is 31.6. The summed E-state index contributed by atoms with van der Waals surface area (Å²) < 4.78 is 11.4. The second kappa shape index (κ2) is 6.61. The lowest BCUT2D eigenvalue weighted by molar-refractivity contribution is -0.0608. The Morgan fingerprint density at radius 2 is 2.20 bits per heavy atom. The Hall–Kier alpha value is -1.04. The standard InChI is InChI=1S/C15H23N3O2/c1-19-15-4-2-3-13(15)14-10-20-6-5-18(14)9-12-7-16-11-17-8-12/h7-8,11,13-15H,2-6,9-10H2,1H3/t13-,14-,15-/m1/s1. The maximum atomic E-state index is 5.73. The summed E-state index contributed by atoms with van der Waals surface area (Å²) in [7, 11) is 1.84. The number of methoxy groups -OCH3 is 1. The van der Waals surface area contributed by atoms with Gasteiger partial charge in [0.2, 0.25) is 0 Å². The number of hydrogen-bond donors (Lipinski definition) is 0. The highest BCUT2D eigenvalue weighted by Crippen LogP contribution is 2.34. The van der Waals surface area contributed by atoms with Gasteiger partial charge in [-0.05, 0) is 12.8 Å². The highest BCUT2D eigenvalue weighted by molar-refractivity contribution is 5.03. The first-order valence-electron chi connectivity index (χ1n) is 7.47. The predicted molar refractivity (Wildman–Crippen MR) is 75.2 cm³/mol. The molecule has 0 radical (unpaired) electrons. The zero-order chi connectivity index (χ0) is 13.8. The number of ether oxygens (including phenoxy) is 2. The largest absolute Gasteiger partial charge is 0.381 e. The number of nitrogens with zero attached hydrogens (tertiary/aromatic N) is 3. The molecule has 3 rings (SSSR count). The summed E-state index contributed by atoms with van der Waals surface area (Å²) in [5.74, 6) is 0.588. The van der Waals surface area contributed by atoms with Crippen LogP contribution in [0.1, 0.15) is 24.8 Å². The van der Waals surface area contributed by atoms with E-state index >= 15 is 0 Å². The van der Waals surface area contributed by atoms with Crippen LogP contribution in [0.3, 0.4) is 0 Å². The molecule has 0 bridgehead atoms. The van der Waals surface area contributed by atoms with Crippen LogP contribution in [0.2, 0.25) is 0 Å². The van der Waals surface area contributed by atoms with Gasteiger partial charge in [-0.3, -0.25) is 4.90 Å². The highest BCUT2D eigenvalue weighted by atomic mass is 16.5. The Bertz CT molecular complexity index is 415. The molecule has 5 heteroatoms. The van der Waals surface area contributed by atoms with E-state index in [9.17, 15) is 0 Å². The Morgan fingerprint density at radius 3 is 3.00 bits per heavy atom. The summed E-state index contributed by atoms with van der Waals surface area (Å²) in [4.78, 5) is 10.7. The Labute approximate surface area is 120 Å². The van der Waals surface area contributed by atoms with Gasteiger partial charge in [-0.15, -0.1) is 0 Å². The molecule has 1 aromatic heterocycles. The molecule has 1 saturated heterocycles. The van der Waals surface area contributed by atoms with Crippen molar-refractivity contribution in [2.45, 2.75) is 38.0 Å². The monoisotopic (exact) mass is 277 g/mol. The molecular formula is C15H23N3O2. The quantitative estimate of drug-likeness (QED) is 0.834. The maximum absolute atomic E-state index is 5.73. The number of aromatic nitrogens is 2. The fraction of sp³-hybridized carbons (Fsp3) is 0.733. The third kappa shape index (κ3) is 3.00. The van der Waals surface area contributed by atoms with E-state index < -0.39 is 0 Å². The van der Waals surface area contributed by atoms with E-state index in [0.29, 0.717) is 18.1 Å². The molecule has 0 N–H and O–H groups in total. The minimum Gasteiger partial charge on any atom is -0.381 e. The summed E-state index contributed by atoms with van der Waals surface area (Å²) in [6.07, 6.45) is 9.47. The van der Waals surface area contributed by atoms with E-state index in [-0.39, 0.29) is 0 Å². The number of morpholine rings is 1. The molecule has 1 aliphatic carbocycles. The van der Waals surface area contributed by atoms with Crippen LogP contribution in [0.4, 0.5) is 0 Å². The van der Waals surface area contributed by atoms with Crippen LogP contribution in [-0.2, 0) is 16.0 Å². The Kier molecular flexibility index (Phi) is 4.60. The molecule has 5 nitrogen and oxygen atoms in total. The Balaban J connectivity index is 1.70. The molecular weight excluding hydrogens is 254 g/mol. The van der Waals surface area contributed by atoms with Gasteiger partial charge in [-0.2, -0.15) is 0 Å². The molecule has 1 aliphatic heterocycles. The van der Waals surface area contributed by atoms with Crippen LogP contribution < -0.4 is 0 Å². The summed E-state index contributed by atoms with van der Waals surface area (Å²) in [6.45, 7) is 3.51. The first kappa shape index (κ1) is 13.9. The molecule has 0 amide bonds. The molecule has 20 heavy (non-hydrogen) atoms. The first-order chi connectivity index (χ1) is 9.88. The molecule has 1 aromatic rings. The van der Waals surface area contributed by atoms with Crippen LogP contribution in [0, 0.1) is 5.92 Å². The van der Waals surface area contributed by atoms with Crippen molar-refractivity contribution in [2.75, 3.05) is 26.9 Å². The Morgan fingerprint density at radius 1 is 1.35 bits per heavy atom. The van der Waals surface area contributed by atoms with Crippen molar-refractivity contribution in [3.05, 3.63) is 24.3 Å². The zero-order valence-electron chi connectivity index (χ0n) is 12.1. The van der Waals surface area contributed by atoms with E-state index in [2.05, 4.69) is 14.9 Å². The molecule has 0 unspecified atom stereocenters. The molecule has 2 fully saturated rings. The van der Waals surface area contributed by atoms with E-state index in [1.165, 1.54) is 24.8 Å². The van der Waals surface area contributed by atoms with Gasteiger partial charge in [0.25, 0.3) is 0 Å². The van der Waals surface area contributed by atoms with Crippen molar-refractivity contribution < 1.29 is 9.47 Å². The van der Waals surface area contributed by atoms with Crippen LogP contribution in [0.5, 0.6) is 0 Å². The van der Waals surface area contributed by atoms with E-state index in [1.54, 1.807) is 6.33 Å². The minimum absolute atomic E-state index is 0.385. The summed E-state index contributed by atoms with van der Waals surface area (Å²) >= 11 is 0. The lowest BCUT2D eigenvalue weighted by Gasteiger charge is -2.40. The SMILES string of the molecule is CO[C@@H]1CCC[C@@H]1[C@H]1COCCN1Cc1cncnc1. The van der Waals surface area contributed by atoms with Gasteiger partial charge in [-0.1, -0.05) is 6.42 Å². The lowest BCUT2D eigenvalue weighted by atomic mass is 9.94. The molecule has 0 spiro atoms. The molecule has 0 aromatic carbocycles. The van der Waals surface area contributed by atoms with Gasteiger partial charge in [-0.25, -0.2) is 9.97 Å². The predicted octanol–water partition coefficient (Wildman–Crippen LogP) is 1.49. The third-order valence-corrected chi connectivity index (χ3v) is 4.58. The van der Waals surface area contributed by atoms with Gasteiger partial charge >= 0.3 is 0 Å². The van der Waals surface area contributed by atoms with Gasteiger partial charge in [0.1, 0.15) is 6.33 Å². The van der Waals surface area contributed by atoms with Crippen molar-refractivity contribution in [1.82, 2.24) is 14.9 Å². The van der Waals surface area contributed by atoms with Crippen LogP contribution in [0.25, 0.3) is 0 Å². The molecule has 2 heterocycles. The van der Waals surface area contributed by atoms with Gasteiger partial charge in [0, 0.05) is 50.1 Å². The fourth-order valence-electron chi connectivity index (χ4n) is 3.58. The van der Waals surface area contributed by atoms with E-state index in [1.807, 2.05) is 19.5 Å². The number of rotatable bonds is 4. The van der Waals surface area contributed by atoms with Crippen molar-refractivity contribution in [3.63, 3.8) is 0 Å². The van der Waals surface area contributed by atoms with E-state index in [4.69, 9.17) is 9.47 Å². The smallest absolute Gasteiger partial charge is 0.115 e. The first-order valence-corrected chi connectivity index (χ1v) is 7.47. The number of hydrogen-bond acceptors (Lipinski definition) is 5. The summed E-state index contributed by atoms with van der Waals surface area (Å²) in [5, 5.41) is 0. The van der Waals surface area contributed by atoms with Crippen LogP contribution in [0.15, 0.2) is 18.7 Å². The average molecular weight is 277 g/mol. The van der Waals surface area contributed by atoms with Gasteiger partial charge < -0.3 is 9.47 Å². The lowest BCUT2D eigenvalue weighted by Crippen LogP contribution is -2.50. The second-order valence-corrected chi connectivity index (χ2v) is 5.73. The van der Waals surface area contributed by atoms with Crippen molar-refractivity contribution in [1.29, 1.82) is 0 Å². The molecule has 2 aliphatic rings. The molecule has 110 valence electrons. The van der Waals surface area contributed by atoms with Crippen LogP contribution >= 0.6 is 0 Å². The van der Waals surface area contributed by atoms with Gasteiger partial charge in [0.15, 0.2) is 0 Å². The average Bonchev–Trinajstić information content (AvgIpc) is 2.97. The second-order valence-electron chi connectivity index (χ2n) is 5.73. The van der Waals surface area contributed by atoms with Crippen LogP contribution in [-0.4, -0.2) is 53.9 Å². The maximum Gasteiger partial charge on any atom is 0.115 e. The van der Waals surface area contributed by atoms with Crippen molar-refractivity contribution >= 4 is 0 Å². The van der Waals surface area contributed by atoms with Crippen molar-refractivity contribution in [3.8, 4) is 0 Å². The van der Waals surface area contributed by atoms with Gasteiger partial charge in [0.05, 0.1) is 19.3 Å². The molecule has 3 atom stereocenters. The fourth-order valence-corrected chi connectivity index (χ4v) is 3.58. The highest BCUT2D eigenvalue weighted by Gasteiger charge is 2.38. The topological polar surface area (TPSA) is 47.5 Å². The summed E-state index contributed by atoms with van der Waals surface area (Å²) in [6, 6.07) is 0.455. The molecule has 1 saturated carbocycles. The minimum atomic E-state index is 0.385. The third-order valence-electron chi connectivity index (χ3n) is 4.58. The zero-order valence-corrected chi connectivity index (χ0v) is 12.1. The van der Waals surface area contributed by atoms with E-state index in [0.717, 1.165) is 26.3 Å². The van der Waals surface area contributed by atoms with Crippen molar-refractivity contribution in [2.24, 2.45) is 5.92 Å². The summed E-state index contributed by atoms with van der Waals surface area (Å²) in [5.41, 5.74) is 1.17.